The number of hydrogen-bond acceptors (Lipinski definition) is 11. The molecule has 0 fully saturated rings. The number of aromatic hydroxyl groups is 2. The maximum absolute atomic E-state index is 13.0. The summed E-state index contributed by atoms with van der Waals surface area (Å²) in [5, 5.41) is 63.5. The van der Waals surface area contributed by atoms with Gasteiger partial charge in [0.25, 0.3) is 11.8 Å². The predicted molar refractivity (Wildman–Crippen MR) is 208 cm³/mol. The van der Waals surface area contributed by atoms with Crippen molar-refractivity contribution in [3.63, 3.8) is 0 Å². The molecular weight excluding hydrogens is 1010 g/mol. The van der Waals surface area contributed by atoms with E-state index in [0.717, 1.165) is 0 Å². The van der Waals surface area contributed by atoms with Gasteiger partial charge >= 0.3 is 0 Å². The van der Waals surface area contributed by atoms with Crippen LogP contribution in [0.25, 0.3) is 0 Å². The molecule has 13 nitrogen and oxygen atoms in total. The molecule has 52 heavy (non-hydrogen) atoms. The molecule has 0 aliphatic carbocycles. The van der Waals surface area contributed by atoms with Gasteiger partial charge in [0.1, 0.15) is 17.2 Å². The normalized spacial score (nSPS) is 17.5. The largest absolute Gasteiger partial charge is 0.503 e. The Kier molecular flexibility index (Phi) is 13.2. The molecule has 0 radical (unpaired) electrons. The molecule has 272 valence electrons. The highest BCUT2D eigenvalue weighted by Gasteiger charge is 2.22. The molecule has 4 aromatic carbocycles. The van der Waals surface area contributed by atoms with Crippen molar-refractivity contribution in [3.05, 3.63) is 99.2 Å². The number of carbonyl (C=O) groups is 2. The van der Waals surface area contributed by atoms with Crippen LogP contribution in [0.5, 0.6) is 34.5 Å². The Morgan fingerprint density at radius 2 is 1.15 bits per heavy atom. The van der Waals surface area contributed by atoms with Gasteiger partial charge in [0, 0.05) is 25.9 Å². The van der Waals surface area contributed by atoms with Gasteiger partial charge < -0.3 is 45.8 Å². The first-order chi connectivity index (χ1) is 24.8. The van der Waals surface area contributed by atoms with Gasteiger partial charge in [-0.1, -0.05) is 16.4 Å². The summed E-state index contributed by atoms with van der Waals surface area (Å²) in [4.78, 5) is 26.0. The monoisotopic (exact) mass is 1030 g/mol. The number of phenolic OH excluding ortho intramolecular Hbond substituents is 2. The lowest BCUT2D eigenvalue weighted by Gasteiger charge is -2.17. The standard InChI is InChI=1S/C34H27Br5N4O9/c35-19-13-18-1-2-27(19)51-28-11-15(5-20(36)30(28)45)3-4-40-33(47)24(42-49)9-16-7-22(38)32(23(39)8-16)52-29-12-17(6-21(37)31(29)46)10-25(43-50)34(48)41-14-26(18)44/h1-2,5-8,11-13,26,44-46,49-50H,3-4,9-10,14H2,(H,40,47)(H,41,48)/b42-24-,43-25-/t26-/m1/s1. The van der Waals surface area contributed by atoms with Crippen molar-refractivity contribution < 1.29 is 44.8 Å². The van der Waals surface area contributed by atoms with Gasteiger partial charge in [-0.25, -0.2) is 0 Å². The van der Waals surface area contributed by atoms with Gasteiger partial charge in [-0.05, 0) is 157 Å². The molecule has 4 aromatic rings. The molecule has 18 heteroatoms. The van der Waals surface area contributed by atoms with Gasteiger partial charge in [0.05, 0.1) is 28.5 Å². The fourth-order valence-corrected chi connectivity index (χ4v) is 7.94. The Bertz CT molecular complexity index is 2090. The van der Waals surface area contributed by atoms with E-state index in [-0.39, 0.29) is 70.6 Å². The minimum absolute atomic E-state index is 0.00238. The van der Waals surface area contributed by atoms with Gasteiger partial charge in [-0.15, -0.1) is 0 Å². The molecule has 8 rings (SSSR count). The number of halogens is 5. The molecule has 1 atom stereocenters. The van der Waals surface area contributed by atoms with Crippen LogP contribution in [0.2, 0.25) is 0 Å². The molecule has 0 saturated carbocycles. The topological polar surface area (TPSA) is 203 Å². The van der Waals surface area contributed by atoms with Crippen molar-refractivity contribution in [2.24, 2.45) is 10.3 Å². The lowest BCUT2D eigenvalue weighted by molar-refractivity contribution is -0.116. The van der Waals surface area contributed by atoms with Crippen molar-refractivity contribution in [1.82, 2.24) is 10.6 Å². The van der Waals surface area contributed by atoms with E-state index in [2.05, 4.69) is 101 Å². The zero-order chi connectivity index (χ0) is 37.7. The van der Waals surface area contributed by atoms with Crippen LogP contribution in [0.15, 0.2) is 87.3 Å². The summed E-state index contributed by atoms with van der Waals surface area (Å²) in [7, 11) is 0. The first-order valence-corrected chi connectivity index (χ1v) is 19.1. The number of carbonyl (C=O) groups excluding carboxylic acids is 2. The molecule has 2 amide bonds. The summed E-state index contributed by atoms with van der Waals surface area (Å²) in [6.45, 7) is -0.0700. The molecule has 0 aromatic heterocycles. The second-order valence-electron chi connectivity index (χ2n) is 11.3. The summed E-state index contributed by atoms with van der Waals surface area (Å²) < 4.78 is 13.9. The molecule has 0 unspecified atom stereocenters. The number of nitrogens with one attached hydrogen (secondary N) is 2. The van der Waals surface area contributed by atoms with Crippen molar-refractivity contribution in [1.29, 1.82) is 0 Å². The molecule has 4 aliphatic rings. The molecule has 0 saturated heterocycles. The fraction of sp³-hybridized carbons (Fsp3) is 0.176. The summed E-state index contributed by atoms with van der Waals surface area (Å²) >= 11 is 17.0. The van der Waals surface area contributed by atoms with Crippen LogP contribution in [0.1, 0.15) is 28.4 Å². The predicted octanol–water partition coefficient (Wildman–Crippen LogP) is 7.76. The third-order valence-corrected chi connectivity index (χ3v) is 10.7. The highest BCUT2D eigenvalue weighted by molar-refractivity contribution is 9.11. The van der Waals surface area contributed by atoms with E-state index in [1.807, 2.05) is 0 Å². The number of hydrogen-bond donors (Lipinski definition) is 7. The molecule has 7 N–H and O–H groups in total. The average Bonchev–Trinajstić information content (AvgIpc) is 3.10. The van der Waals surface area contributed by atoms with Crippen LogP contribution >= 0.6 is 79.6 Å². The molecule has 4 aliphatic heterocycles. The van der Waals surface area contributed by atoms with Crippen molar-refractivity contribution in [2.75, 3.05) is 13.1 Å². The van der Waals surface area contributed by atoms with Crippen molar-refractivity contribution in [2.45, 2.75) is 25.4 Å². The Morgan fingerprint density at radius 3 is 1.75 bits per heavy atom. The molecular formula is C34H27Br5N4O9. The maximum atomic E-state index is 13.0. The first kappa shape index (κ1) is 39.5. The zero-order valence-electron chi connectivity index (χ0n) is 26.5. The SMILES string of the molecule is O=C1NCCc2cc(Br)c(O)c(c2)Oc2ccc(cc2Br)[C@H](O)CNC(=O)/C(=N\O)Cc2cc(Br)c(O)c(c2)Oc2c(Br)cc(cc2Br)C/C1=N/O. The minimum Gasteiger partial charge on any atom is -0.503 e. The van der Waals surface area contributed by atoms with E-state index in [4.69, 9.17) is 9.47 Å². The lowest BCUT2D eigenvalue weighted by Crippen LogP contribution is -2.35. The number of amides is 2. The Labute approximate surface area is 338 Å². The third-order valence-electron chi connectivity index (χ3n) is 7.67. The van der Waals surface area contributed by atoms with E-state index in [0.29, 0.717) is 52.3 Å². The second-order valence-corrected chi connectivity index (χ2v) is 15.6. The number of benzene rings is 4. The average molecular weight is 1040 g/mol. The summed E-state index contributed by atoms with van der Waals surface area (Å²) in [5.41, 5.74) is 1.69. The Balaban J connectivity index is 1.49. The maximum Gasteiger partial charge on any atom is 0.269 e. The smallest absolute Gasteiger partial charge is 0.269 e. The fourth-order valence-electron chi connectivity index (χ4n) is 5.04. The number of aliphatic hydroxyl groups excluding tert-OH is 1. The molecule has 0 spiro atoms. The van der Waals surface area contributed by atoms with Crippen LogP contribution in [0.3, 0.4) is 0 Å². The van der Waals surface area contributed by atoms with Crippen LogP contribution in [-0.2, 0) is 28.9 Å². The van der Waals surface area contributed by atoms with Gasteiger partial charge in [-0.3, -0.25) is 9.59 Å². The number of phenols is 2. The first-order valence-electron chi connectivity index (χ1n) is 15.1. The Morgan fingerprint density at radius 1 is 0.635 bits per heavy atom. The highest BCUT2D eigenvalue weighted by Crippen LogP contribution is 2.44. The molecule has 8 bridgehead atoms. The zero-order valence-corrected chi connectivity index (χ0v) is 34.4. The van der Waals surface area contributed by atoms with E-state index < -0.39 is 17.9 Å². The van der Waals surface area contributed by atoms with Crippen LogP contribution in [0, 0.1) is 0 Å². The summed E-state index contributed by atoms with van der Waals surface area (Å²) in [6.07, 6.45) is -1.06. The summed E-state index contributed by atoms with van der Waals surface area (Å²) in [6, 6.07) is 14.3. The van der Waals surface area contributed by atoms with Crippen LogP contribution in [-0.4, -0.2) is 62.1 Å². The third kappa shape index (κ3) is 9.45. The van der Waals surface area contributed by atoms with E-state index in [1.165, 1.54) is 12.1 Å². The van der Waals surface area contributed by atoms with Gasteiger partial charge in [0.15, 0.2) is 28.7 Å². The Hall–Kier alpha value is -3.68. The van der Waals surface area contributed by atoms with Crippen LogP contribution in [0.4, 0.5) is 0 Å². The second kappa shape index (κ2) is 17.4. The number of rotatable bonds is 0. The van der Waals surface area contributed by atoms with Crippen molar-refractivity contribution in [3.8, 4) is 34.5 Å². The van der Waals surface area contributed by atoms with Gasteiger partial charge in [0.2, 0.25) is 0 Å². The van der Waals surface area contributed by atoms with Crippen LogP contribution < -0.4 is 20.1 Å². The molecule has 4 heterocycles. The number of aliphatic hydroxyl groups is 1. The van der Waals surface area contributed by atoms with E-state index in [1.54, 1.807) is 42.5 Å². The summed E-state index contributed by atoms with van der Waals surface area (Å²) in [5.74, 6) is -1.06. The highest BCUT2D eigenvalue weighted by atomic mass is 79.9. The van der Waals surface area contributed by atoms with E-state index in [9.17, 15) is 35.3 Å². The lowest BCUT2D eigenvalue weighted by atomic mass is 10.1. The van der Waals surface area contributed by atoms with Crippen molar-refractivity contribution >= 4 is 103 Å². The number of oxime groups is 2. The number of ether oxygens (including phenoxy) is 2. The number of nitrogens with zero attached hydrogens (tertiary/aromatic N) is 2. The van der Waals surface area contributed by atoms with E-state index >= 15 is 0 Å². The van der Waals surface area contributed by atoms with Gasteiger partial charge in [-0.2, -0.15) is 0 Å². The quantitative estimate of drug-likeness (QED) is 0.0679. The minimum atomic E-state index is -1.16.